The van der Waals surface area contributed by atoms with E-state index in [1.807, 2.05) is 12.3 Å². The SMILES string of the molecule is C1=C(c2ccc(-c3cccnc3)cc2)N=C(c2ccc(-c3ccc4ccccc4c3)cc2)NC1c1cccc(-c2cccc3ccccc23)c1. The molecule has 1 aliphatic heterocycles. The number of rotatable bonds is 6. The van der Waals surface area contributed by atoms with Gasteiger partial charge in [0.2, 0.25) is 0 Å². The quantitative estimate of drug-likeness (QED) is 0.197. The molecule has 3 nitrogen and oxygen atoms in total. The molecule has 0 bridgehead atoms. The molecule has 3 heteroatoms. The van der Waals surface area contributed by atoms with Crippen LogP contribution in [0.15, 0.2) is 193 Å². The van der Waals surface area contributed by atoms with Crippen LogP contribution in [-0.2, 0) is 0 Å². The van der Waals surface area contributed by atoms with Gasteiger partial charge in [0.25, 0.3) is 0 Å². The fourth-order valence-electron chi connectivity index (χ4n) is 6.96. The smallest absolute Gasteiger partial charge is 0.134 e. The Bertz CT molecular complexity index is 2540. The van der Waals surface area contributed by atoms with Crippen LogP contribution in [0.1, 0.15) is 22.7 Å². The molecule has 236 valence electrons. The molecule has 1 N–H and O–H groups in total. The van der Waals surface area contributed by atoms with Crippen molar-refractivity contribution in [3.05, 3.63) is 205 Å². The second-order valence-electron chi connectivity index (χ2n) is 12.7. The summed E-state index contributed by atoms with van der Waals surface area (Å²) in [6, 6.07) is 60.5. The molecule has 0 spiro atoms. The number of amidine groups is 1. The Morgan fingerprint density at radius 3 is 1.92 bits per heavy atom. The van der Waals surface area contributed by atoms with Crippen LogP contribution in [-0.4, -0.2) is 10.8 Å². The molecule has 1 aromatic heterocycles. The largest absolute Gasteiger partial charge is 0.359 e. The molecule has 2 heterocycles. The molecule has 0 fully saturated rings. The van der Waals surface area contributed by atoms with E-state index in [1.165, 1.54) is 49.4 Å². The summed E-state index contributed by atoms with van der Waals surface area (Å²) in [5.41, 5.74) is 11.3. The molecule has 1 atom stereocenters. The maximum atomic E-state index is 5.22. The average molecular weight is 640 g/mol. The first-order valence-electron chi connectivity index (χ1n) is 17.0. The molecule has 7 aromatic carbocycles. The van der Waals surface area contributed by atoms with Crippen molar-refractivity contribution < 1.29 is 0 Å². The van der Waals surface area contributed by atoms with Crippen molar-refractivity contribution in [2.45, 2.75) is 6.04 Å². The van der Waals surface area contributed by atoms with Gasteiger partial charge in [-0.05, 0) is 90.3 Å². The van der Waals surface area contributed by atoms with E-state index in [0.29, 0.717) is 0 Å². The molecule has 8 aromatic rings. The predicted molar refractivity (Wildman–Crippen MR) is 209 cm³/mol. The molecule has 50 heavy (non-hydrogen) atoms. The highest BCUT2D eigenvalue weighted by atomic mass is 15.0. The predicted octanol–water partition coefficient (Wildman–Crippen LogP) is 11.5. The molecule has 0 amide bonds. The van der Waals surface area contributed by atoms with Crippen molar-refractivity contribution in [2.24, 2.45) is 4.99 Å². The van der Waals surface area contributed by atoms with Gasteiger partial charge in [0.1, 0.15) is 5.84 Å². The summed E-state index contributed by atoms with van der Waals surface area (Å²) < 4.78 is 0. The van der Waals surface area contributed by atoms with E-state index in [9.17, 15) is 0 Å². The van der Waals surface area contributed by atoms with Crippen molar-refractivity contribution in [2.75, 3.05) is 0 Å². The van der Waals surface area contributed by atoms with E-state index in [2.05, 4.69) is 180 Å². The Labute approximate surface area is 292 Å². The summed E-state index contributed by atoms with van der Waals surface area (Å²) >= 11 is 0. The van der Waals surface area contributed by atoms with Gasteiger partial charge in [-0.1, -0.05) is 152 Å². The maximum absolute atomic E-state index is 5.22. The number of pyridine rings is 1. The molecular weight excluding hydrogens is 607 g/mol. The zero-order valence-electron chi connectivity index (χ0n) is 27.4. The van der Waals surface area contributed by atoms with Gasteiger partial charge in [-0.25, -0.2) is 4.99 Å². The first-order chi connectivity index (χ1) is 24.7. The number of nitrogens with zero attached hydrogens (tertiary/aromatic N) is 2. The van der Waals surface area contributed by atoms with E-state index in [1.54, 1.807) is 6.20 Å². The van der Waals surface area contributed by atoms with Crippen molar-refractivity contribution in [1.82, 2.24) is 10.3 Å². The molecule has 0 aliphatic carbocycles. The van der Waals surface area contributed by atoms with Gasteiger partial charge in [0.05, 0.1) is 11.7 Å². The maximum Gasteiger partial charge on any atom is 0.134 e. The zero-order chi connectivity index (χ0) is 33.3. The third kappa shape index (κ3) is 5.76. The zero-order valence-corrected chi connectivity index (χ0v) is 27.4. The van der Waals surface area contributed by atoms with E-state index in [-0.39, 0.29) is 6.04 Å². The lowest BCUT2D eigenvalue weighted by Crippen LogP contribution is -2.31. The van der Waals surface area contributed by atoms with Crippen LogP contribution >= 0.6 is 0 Å². The van der Waals surface area contributed by atoms with Crippen LogP contribution in [0, 0.1) is 0 Å². The van der Waals surface area contributed by atoms with Crippen molar-refractivity contribution in [3.8, 4) is 33.4 Å². The highest BCUT2D eigenvalue weighted by Crippen LogP contribution is 2.34. The lowest BCUT2D eigenvalue weighted by molar-refractivity contribution is 0.781. The summed E-state index contributed by atoms with van der Waals surface area (Å²) in [5, 5.41) is 8.77. The molecule has 9 rings (SSSR count). The van der Waals surface area contributed by atoms with E-state index in [4.69, 9.17) is 4.99 Å². The average Bonchev–Trinajstić information content (AvgIpc) is 3.21. The number of aromatic nitrogens is 1. The molecule has 0 radical (unpaired) electrons. The summed E-state index contributed by atoms with van der Waals surface area (Å²) in [4.78, 5) is 9.52. The highest BCUT2D eigenvalue weighted by molar-refractivity contribution is 6.04. The van der Waals surface area contributed by atoms with E-state index < -0.39 is 0 Å². The number of hydrogen-bond donors (Lipinski definition) is 1. The monoisotopic (exact) mass is 639 g/mol. The van der Waals surface area contributed by atoms with Gasteiger partial charge < -0.3 is 5.32 Å². The third-order valence-electron chi connectivity index (χ3n) is 9.61. The first kappa shape index (κ1) is 29.6. The summed E-state index contributed by atoms with van der Waals surface area (Å²) in [7, 11) is 0. The first-order valence-corrected chi connectivity index (χ1v) is 17.0. The van der Waals surface area contributed by atoms with E-state index in [0.717, 1.165) is 33.8 Å². The molecular formula is C47H33N3. The minimum Gasteiger partial charge on any atom is -0.359 e. The van der Waals surface area contributed by atoms with Crippen LogP contribution in [0.2, 0.25) is 0 Å². The van der Waals surface area contributed by atoms with Gasteiger partial charge in [-0.2, -0.15) is 0 Å². The van der Waals surface area contributed by atoms with Crippen molar-refractivity contribution in [3.63, 3.8) is 0 Å². The summed E-state index contributed by atoms with van der Waals surface area (Å²) in [6.45, 7) is 0. The number of benzene rings is 7. The van der Waals surface area contributed by atoms with Gasteiger partial charge in [0.15, 0.2) is 0 Å². The molecule has 0 saturated carbocycles. The summed E-state index contributed by atoms with van der Waals surface area (Å²) in [6.07, 6.45) is 5.95. The Morgan fingerprint density at radius 2 is 1.10 bits per heavy atom. The van der Waals surface area contributed by atoms with Gasteiger partial charge in [-0.15, -0.1) is 0 Å². The third-order valence-corrected chi connectivity index (χ3v) is 9.61. The van der Waals surface area contributed by atoms with Crippen LogP contribution in [0.25, 0.3) is 60.6 Å². The van der Waals surface area contributed by atoms with Crippen molar-refractivity contribution >= 4 is 33.1 Å². The Hall–Kier alpha value is -6.58. The van der Waals surface area contributed by atoms with E-state index >= 15 is 0 Å². The second kappa shape index (κ2) is 12.8. The van der Waals surface area contributed by atoms with Gasteiger partial charge >= 0.3 is 0 Å². The standard InChI is InChI=1S/C47H33N3/c1-2-10-38-28-39(26-21-32(38)8-1)33-19-24-37(25-20-33)47-49-45(36-22-17-34(18-23-36)42-14-7-27-48-31-42)30-46(50-47)41-13-5-12-40(29-41)44-16-6-11-35-9-3-4-15-43(35)44/h1-31,46H,(H,49,50). The molecule has 1 unspecified atom stereocenters. The minimum absolute atomic E-state index is 0.0782. The van der Waals surface area contributed by atoms with Crippen LogP contribution in [0.4, 0.5) is 0 Å². The molecule has 1 aliphatic rings. The number of aliphatic imine (C=N–C) groups is 1. The number of nitrogens with one attached hydrogen (secondary N) is 1. The topological polar surface area (TPSA) is 37.3 Å². The molecule has 0 saturated heterocycles. The van der Waals surface area contributed by atoms with Gasteiger partial charge in [0, 0.05) is 18.0 Å². The normalized spacial score (nSPS) is 14.2. The number of fused-ring (bicyclic) bond motifs is 2. The fraction of sp³-hybridized carbons (Fsp3) is 0.0213. The fourth-order valence-corrected chi connectivity index (χ4v) is 6.96. The Kier molecular flexibility index (Phi) is 7.56. The Morgan fingerprint density at radius 1 is 0.440 bits per heavy atom. The van der Waals surface area contributed by atoms with Crippen molar-refractivity contribution in [1.29, 1.82) is 0 Å². The second-order valence-corrected chi connectivity index (χ2v) is 12.7. The Balaban J connectivity index is 1.09. The summed E-state index contributed by atoms with van der Waals surface area (Å²) in [5.74, 6) is 0.851. The lowest BCUT2D eigenvalue weighted by atomic mass is 9.94. The van der Waals surface area contributed by atoms with Crippen LogP contribution in [0.5, 0.6) is 0 Å². The highest BCUT2D eigenvalue weighted by Gasteiger charge is 2.21. The number of hydrogen-bond acceptors (Lipinski definition) is 3. The van der Waals surface area contributed by atoms with Crippen LogP contribution in [0.3, 0.4) is 0 Å². The minimum atomic E-state index is -0.0782. The van der Waals surface area contributed by atoms with Gasteiger partial charge in [-0.3, -0.25) is 4.98 Å². The lowest BCUT2D eigenvalue weighted by Gasteiger charge is -2.25. The van der Waals surface area contributed by atoms with Crippen LogP contribution < -0.4 is 5.32 Å².